The number of hydrogen-bond donors (Lipinski definition) is 1. The molecule has 0 bridgehead atoms. The Hall–Kier alpha value is 0.0500. The van der Waals surface area contributed by atoms with Crippen molar-refractivity contribution in [1.82, 2.24) is 5.32 Å². The van der Waals surface area contributed by atoms with Crippen LogP contribution in [0.4, 0.5) is 0 Å². The molecular formula is C14H18Cl3N. The van der Waals surface area contributed by atoms with Crippen LogP contribution in [0.25, 0.3) is 0 Å². The molecule has 1 nitrogen and oxygen atoms in total. The van der Waals surface area contributed by atoms with Crippen molar-refractivity contribution in [2.75, 3.05) is 6.54 Å². The van der Waals surface area contributed by atoms with Gasteiger partial charge in [-0.2, -0.15) is 0 Å². The highest BCUT2D eigenvalue weighted by molar-refractivity contribution is 6.44. The van der Waals surface area contributed by atoms with E-state index in [4.69, 9.17) is 34.8 Å². The Morgan fingerprint density at radius 2 is 1.89 bits per heavy atom. The Kier molecular flexibility index (Phi) is 5.20. The predicted octanol–water partition coefficient (Wildman–Crippen LogP) is 5.17. The summed E-state index contributed by atoms with van der Waals surface area (Å²) in [6, 6.07) is 3.53. The second kappa shape index (κ2) is 6.47. The van der Waals surface area contributed by atoms with Gasteiger partial charge in [-0.05, 0) is 43.4 Å². The highest BCUT2D eigenvalue weighted by Crippen LogP contribution is 2.32. The highest BCUT2D eigenvalue weighted by atomic mass is 35.5. The molecule has 4 heteroatoms. The predicted molar refractivity (Wildman–Crippen MR) is 79.7 cm³/mol. The summed E-state index contributed by atoms with van der Waals surface area (Å²) in [4.78, 5) is 0. The fourth-order valence-electron chi connectivity index (χ4n) is 2.64. The lowest BCUT2D eigenvalue weighted by atomic mass is 10.1. The summed E-state index contributed by atoms with van der Waals surface area (Å²) < 4.78 is 0. The van der Waals surface area contributed by atoms with Crippen molar-refractivity contribution < 1.29 is 0 Å². The summed E-state index contributed by atoms with van der Waals surface area (Å²) in [6.45, 7) is 4.04. The smallest absolute Gasteiger partial charge is 0.0652 e. The molecule has 1 N–H and O–H groups in total. The zero-order chi connectivity index (χ0) is 13.1. The molecule has 1 fully saturated rings. The molecule has 2 unspecified atom stereocenters. The quantitative estimate of drug-likeness (QED) is 0.756. The molecule has 1 aliphatic carbocycles. The minimum absolute atomic E-state index is 0.562. The largest absolute Gasteiger partial charge is 0.312 e. The van der Waals surface area contributed by atoms with Gasteiger partial charge in [0.25, 0.3) is 0 Å². The van der Waals surface area contributed by atoms with E-state index in [-0.39, 0.29) is 0 Å². The average Bonchev–Trinajstić information content (AvgIpc) is 2.74. The van der Waals surface area contributed by atoms with Gasteiger partial charge in [-0.3, -0.25) is 0 Å². The lowest BCUT2D eigenvalue weighted by molar-refractivity contribution is 0.471. The first-order chi connectivity index (χ1) is 8.58. The van der Waals surface area contributed by atoms with Crippen molar-refractivity contribution >= 4 is 34.8 Å². The maximum Gasteiger partial charge on any atom is 0.0652 e. The summed E-state index contributed by atoms with van der Waals surface area (Å²) in [5, 5.41) is 5.25. The summed E-state index contributed by atoms with van der Waals surface area (Å²) in [5.74, 6) is 1.66. The van der Waals surface area contributed by atoms with Crippen molar-refractivity contribution in [3.63, 3.8) is 0 Å². The molecule has 2 atom stereocenters. The maximum absolute atomic E-state index is 6.16. The average molecular weight is 307 g/mol. The van der Waals surface area contributed by atoms with Gasteiger partial charge in [-0.15, -0.1) is 0 Å². The Labute approximate surface area is 124 Å². The Morgan fingerprint density at radius 1 is 1.17 bits per heavy atom. The fraction of sp³-hybridized carbons (Fsp3) is 0.571. The molecule has 2 rings (SSSR count). The van der Waals surface area contributed by atoms with E-state index in [9.17, 15) is 0 Å². The van der Waals surface area contributed by atoms with Crippen molar-refractivity contribution in [3.05, 3.63) is 32.8 Å². The Balaban J connectivity index is 1.88. The minimum atomic E-state index is 0.562. The third-order valence-corrected chi connectivity index (χ3v) is 4.87. The van der Waals surface area contributed by atoms with E-state index in [1.54, 1.807) is 12.1 Å². The lowest BCUT2D eigenvalue weighted by Gasteiger charge is -2.13. The Bertz CT molecular complexity index is 420. The van der Waals surface area contributed by atoms with Gasteiger partial charge in [0, 0.05) is 17.1 Å². The van der Waals surface area contributed by atoms with Gasteiger partial charge >= 0.3 is 0 Å². The lowest BCUT2D eigenvalue weighted by Crippen LogP contribution is -2.21. The number of nitrogens with one attached hydrogen (secondary N) is 1. The van der Waals surface area contributed by atoms with Crippen molar-refractivity contribution in [3.8, 4) is 0 Å². The van der Waals surface area contributed by atoms with E-state index in [2.05, 4.69) is 12.2 Å². The van der Waals surface area contributed by atoms with Crippen LogP contribution >= 0.6 is 34.8 Å². The van der Waals surface area contributed by atoms with Crippen LogP contribution in [0.5, 0.6) is 0 Å². The van der Waals surface area contributed by atoms with E-state index < -0.39 is 0 Å². The normalized spacial score (nSPS) is 23.6. The summed E-state index contributed by atoms with van der Waals surface area (Å²) in [6.07, 6.45) is 4.00. The topological polar surface area (TPSA) is 12.0 Å². The van der Waals surface area contributed by atoms with Crippen LogP contribution < -0.4 is 5.32 Å². The van der Waals surface area contributed by atoms with Crippen LogP contribution in [0.2, 0.25) is 15.1 Å². The molecule has 0 heterocycles. The summed E-state index contributed by atoms with van der Waals surface area (Å²) in [7, 11) is 0. The van der Waals surface area contributed by atoms with Crippen LogP contribution in [0, 0.1) is 11.8 Å². The highest BCUT2D eigenvalue weighted by Gasteiger charge is 2.20. The van der Waals surface area contributed by atoms with E-state index >= 15 is 0 Å². The van der Waals surface area contributed by atoms with E-state index in [1.807, 2.05) is 0 Å². The molecule has 1 saturated carbocycles. The molecule has 1 aromatic carbocycles. The third-order valence-electron chi connectivity index (χ3n) is 3.68. The van der Waals surface area contributed by atoms with Gasteiger partial charge in [-0.1, -0.05) is 48.1 Å². The molecule has 18 heavy (non-hydrogen) atoms. The number of benzene rings is 1. The third kappa shape index (κ3) is 3.54. The van der Waals surface area contributed by atoms with Crippen LogP contribution in [-0.2, 0) is 6.54 Å². The molecule has 0 aliphatic heterocycles. The first-order valence-corrected chi connectivity index (χ1v) is 7.54. The van der Waals surface area contributed by atoms with Gasteiger partial charge in [-0.25, -0.2) is 0 Å². The van der Waals surface area contributed by atoms with Gasteiger partial charge < -0.3 is 5.32 Å². The van der Waals surface area contributed by atoms with Crippen LogP contribution in [0.1, 0.15) is 31.7 Å². The molecule has 1 aromatic rings. The van der Waals surface area contributed by atoms with Crippen molar-refractivity contribution in [1.29, 1.82) is 0 Å². The molecule has 100 valence electrons. The SMILES string of the molecule is CC1CCC(CNCc2c(Cl)ccc(Cl)c2Cl)C1. The molecular weight excluding hydrogens is 289 g/mol. The molecule has 0 amide bonds. The van der Waals surface area contributed by atoms with E-state index in [0.29, 0.717) is 21.6 Å². The monoisotopic (exact) mass is 305 g/mol. The maximum atomic E-state index is 6.16. The van der Waals surface area contributed by atoms with Crippen LogP contribution in [0.15, 0.2) is 12.1 Å². The van der Waals surface area contributed by atoms with E-state index in [1.165, 1.54) is 19.3 Å². The number of hydrogen-bond acceptors (Lipinski definition) is 1. The van der Waals surface area contributed by atoms with Crippen molar-refractivity contribution in [2.45, 2.75) is 32.7 Å². The zero-order valence-electron chi connectivity index (χ0n) is 10.5. The molecule has 0 spiro atoms. The second-order valence-corrected chi connectivity index (χ2v) is 6.43. The van der Waals surface area contributed by atoms with Gasteiger partial charge in [0.1, 0.15) is 0 Å². The standard InChI is InChI=1S/C14H18Cl3N/c1-9-2-3-10(6-9)7-18-8-11-12(15)4-5-13(16)14(11)17/h4-5,9-10,18H,2-3,6-8H2,1H3. The van der Waals surface area contributed by atoms with Gasteiger partial charge in [0.05, 0.1) is 10.0 Å². The Morgan fingerprint density at radius 3 is 2.56 bits per heavy atom. The first-order valence-electron chi connectivity index (χ1n) is 6.41. The molecule has 0 radical (unpaired) electrons. The molecule has 0 aromatic heterocycles. The first kappa shape index (κ1) is 14.5. The van der Waals surface area contributed by atoms with Crippen LogP contribution in [0.3, 0.4) is 0 Å². The minimum Gasteiger partial charge on any atom is -0.312 e. The van der Waals surface area contributed by atoms with Gasteiger partial charge in [0.15, 0.2) is 0 Å². The summed E-state index contributed by atoms with van der Waals surface area (Å²) >= 11 is 18.3. The fourth-order valence-corrected chi connectivity index (χ4v) is 3.32. The van der Waals surface area contributed by atoms with E-state index in [0.717, 1.165) is 23.9 Å². The number of rotatable bonds is 4. The van der Waals surface area contributed by atoms with Crippen LogP contribution in [-0.4, -0.2) is 6.54 Å². The molecule has 0 saturated heterocycles. The van der Waals surface area contributed by atoms with Crippen molar-refractivity contribution in [2.24, 2.45) is 11.8 Å². The summed E-state index contributed by atoms with van der Waals surface area (Å²) in [5.41, 5.74) is 0.900. The molecule has 1 aliphatic rings. The van der Waals surface area contributed by atoms with Gasteiger partial charge in [0.2, 0.25) is 0 Å². The zero-order valence-corrected chi connectivity index (χ0v) is 12.7. The number of halogens is 3. The second-order valence-electron chi connectivity index (χ2n) is 5.24.